The van der Waals surface area contributed by atoms with E-state index in [9.17, 15) is 9.59 Å². The predicted octanol–water partition coefficient (Wildman–Crippen LogP) is 5.33. The Labute approximate surface area is 196 Å². The van der Waals surface area contributed by atoms with E-state index in [2.05, 4.69) is 17.5 Å². The first-order valence-corrected chi connectivity index (χ1v) is 11.8. The molecule has 0 saturated carbocycles. The summed E-state index contributed by atoms with van der Waals surface area (Å²) >= 11 is 0. The third-order valence-electron chi connectivity index (χ3n) is 5.35. The molecule has 7 nitrogen and oxygen atoms in total. The van der Waals surface area contributed by atoms with Crippen LogP contribution in [0.15, 0.2) is 46.4 Å². The molecule has 0 atom stereocenters. The maximum absolute atomic E-state index is 12.4. The van der Waals surface area contributed by atoms with E-state index in [1.54, 1.807) is 25.4 Å². The van der Waals surface area contributed by atoms with Crippen LogP contribution in [-0.4, -0.2) is 30.4 Å². The van der Waals surface area contributed by atoms with Crippen LogP contribution in [-0.2, 0) is 0 Å². The zero-order valence-electron chi connectivity index (χ0n) is 20.3. The molecule has 0 saturated heterocycles. The zero-order valence-corrected chi connectivity index (χ0v) is 20.3. The second kappa shape index (κ2) is 14.1. The number of methoxy groups -OCH3 is 1. The van der Waals surface area contributed by atoms with Crippen molar-refractivity contribution < 1.29 is 14.3 Å². The molecule has 0 aliphatic rings. The first-order chi connectivity index (χ1) is 16.0. The molecule has 0 aliphatic carbocycles. The number of carbonyl (C=O) groups is 1. The van der Waals surface area contributed by atoms with Crippen molar-refractivity contribution in [2.24, 2.45) is 5.10 Å². The number of carbonyl (C=O) groups excluding carboxylic acids is 1. The molecule has 180 valence electrons. The first kappa shape index (κ1) is 26.2. The molecule has 2 aromatic rings. The van der Waals surface area contributed by atoms with Gasteiger partial charge in [0.2, 0.25) is 0 Å². The predicted molar refractivity (Wildman–Crippen MR) is 133 cm³/mol. The highest BCUT2D eigenvalue weighted by molar-refractivity contribution is 5.94. The molecule has 0 unspecified atom stereocenters. The molecule has 2 rings (SSSR count). The Morgan fingerprint density at radius 2 is 1.82 bits per heavy atom. The Morgan fingerprint density at radius 3 is 2.52 bits per heavy atom. The van der Waals surface area contributed by atoms with Crippen LogP contribution in [0, 0.1) is 0 Å². The summed E-state index contributed by atoms with van der Waals surface area (Å²) < 4.78 is 12.8. The second-order valence-corrected chi connectivity index (χ2v) is 8.31. The fourth-order valence-electron chi connectivity index (χ4n) is 3.44. The van der Waals surface area contributed by atoms with Crippen molar-refractivity contribution in [1.29, 1.82) is 0 Å². The van der Waals surface area contributed by atoms with Crippen LogP contribution in [0.5, 0.6) is 11.5 Å². The average molecular weight is 456 g/mol. The molecule has 0 bridgehead atoms. The van der Waals surface area contributed by atoms with Gasteiger partial charge in [0.15, 0.2) is 11.5 Å². The lowest BCUT2D eigenvalue weighted by Crippen LogP contribution is -2.31. The van der Waals surface area contributed by atoms with Crippen LogP contribution >= 0.6 is 0 Å². The fourth-order valence-corrected chi connectivity index (χ4v) is 3.44. The lowest BCUT2D eigenvalue weighted by atomic mass is 10.1. The molecule has 7 heteroatoms. The second-order valence-electron chi connectivity index (χ2n) is 8.31. The topological polar surface area (TPSA) is 81.9 Å². The molecule has 1 aromatic heterocycles. The number of rotatable bonds is 14. The third-order valence-corrected chi connectivity index (χ3v) is 5.35. The van der Waals surface area contributed by atoms with E-state index in [0.717, 1.165) is 12.0 Å². The molecule has 1 heterocycles. The summed E-state index contributed by atoms with van der Waals surface area (Å²) in [5.74, 6) is 0.743. The minimum Gasteiger partial charge on any atom is -0.493 e. The van der Waals surface area contributed by atoms with Gasteiger partial charge in [-0.2, -0.15) is 5.10 Å². The van der Waals surface area contributed by atoms with E-state index in [0.29, 0.717) is 18.1 Å². The zero-order chi connectivity index (χ0) is 24.1. The monoisotopic (exact) mass is 455 g/mol. The van der Waals surface area contributed by atoms with Gasteiger partial charge >= 0.3 is 0 Å². The number of aromatic nitrogens is 1. The number of hydrazone groups is 1. The summed E-state index contributed by atoms with van der Waals surface area (Å²) in [5.41, 5.74) is 2.86. The van der Waals surface area contributed by atoms with Crippen molar-refractivity contribution in [1.82, 2.24) is 9.99 Å². The van der Waals surface area contributed by atoms with Crippen molar-refractivity contribution in [3.05, 3.63) is 58.0 Å². The van der Waals surface area contributed by atoms with Crippen molar-refractivity contribution in [3.63, 3.8) is 0 Å². The lowest BCUT2D eigenvalue weighted by molar-refractivity contribution is 0.0953. The summed E-state index contributed by atoms with van der Waals surface area (Å²) in [6.45, 7) is 6.65. The largest absolute Gasteiger partial charge is 0.493 e. The quantitative estimate of drug-likeness (QED) is 0.237. The molecule has 0 spiro atoms. The highest BCUT2D eigenvalue weighted by atomic mass is 16.5. The van der Waals surface area contributed by atoms with Crippen LogP contribution < -0.4 is 20.5 Å². The molecule has 1 N–H and O–H groups in total. The minimum atomic E-state index is -0.548. The Balaban J connectivity index is 1.88. The van der Waals surface area contributed by atoms with E-state index in [1.165, 1.54) is 55.4 Å². The number of nitrogens with one attached hydrogen (secondary N) is 1. The molecule has 0 aliphatic heterocycles. The summed E-state index contributed by atoms with van der Waals surface area (Å²) in [5, 5.41) is 3.99. The van der Waals surface area contributed by atoms with E-state index < -0.39 is 5.91 Å². The van der Waals surface area contributed by atoms with Gasteiger partial charge in [-0.25, -0.2) is 5.43 Å². The van der Waals surface area contributed by atoms with Gasteiger partial charge in [-0.3, -0.25) is 9.59 Å². The Morgan fingerprint density at radius 1 is 1.09 bits per heavy atom. The maximum atomic E-state index is 12.4. The normalized spacial score (nSPS) is 11.2. The van der Waals surface area contributed by atoms with Gasteiger partial charge in [-0.05, 0) is 56.2 Å². The molecule has 0 radical (unpaired) electrons. The minimum absolute atomic E-state index is 0.0345. The number of unbranched alkanes of at least 4 members (excludes halogenated alkanes) is 6. The van der Waals surface area contributed by atoms with E-state index in [-0.39, 0.29) is 17.2 Å². The summed E-state index contributed by atoms with van der Waals surface area (Å²) in [6, 6.07) is 8.61. The lowest BCUT2D eigenvalue weighted by Gasteiger charge is -2.11. The van der Waals surface area contributed by atoms with Gasteiger partial charge in [-0.1, -0.05) is 45.4 Å². The van der Waals surface area contributed by atoms with E-state index >= 15 is 0 Å². The third kappa shape index (κ3) is 8.40. The van der Waals surface area contributed by atoms with Crippen molar-refractivity contribution >= 4 is 12.1 Å². The van der Waals surface area contributed by atoms with Gasteiger partial charge in [0.25, 0.3) is 11.5 Å². The Hall–Kier alpha value is -3.09. The van der Waals surface area contributed by atoms with E-state index in [4.69, 9.17) is 9.47 Å². The first-order valence-electron chi connectivity index (χ1n) is 11.8. The number of pyridine rings is 1. The summed E-state index contributed by atoms with van der Waals surface area (Å²) in [7, 11) is 1.59. The number of hydrogen-bond donors (Lipinski definition) is 1. The molecule has 0 fully saturated rings. The number of amides is 1. The van der Waals surface area contributed by atoms with Crippen LogP contribution in [0.3, 0.4) is 0 Å². The van der Waals surface area contributed by atoms with Gasteiger partial charge < -0.3 is 14.0 Å². The number of ether oxygens (including phenoxy) is 2. The Bertz CT molecular complexity index is 966. The van der Waals surface area contributed by atoms with Gasteiger partial charge in [0.1, 0.15) is 5.56 Å². The van der Waals surface area contributed by atoms with E-state index in [1.807, 2.05) is 26.0 Å². The molecule has 33 heavy (non-hydrogen) atoms. The van der Waals surface area contributed by atoms with Crippen LogP contribution in [0.4, 0.5) is 0 Å². The SMILES string of the molecule is CCCCCCCCCOc1ccc(/C=N\NC(=O)c2cccn(C(C)C)c2=O)cc1OC. The van der Waals surface area contributed by atoms with Crippen LogP contribution in [0.25, 0.3) is 0 Å². The summed E-state index contributed by atoms with van der Waals surface area (Å²) in [4.78, 5) is 24.8. The smallest absolute Gasteiger partial charge is 0.276 e. The molecular formula is C26H37N3O4. The Kier molecular flexibility index (Phi) is 11.2. The van der Waals surface area contributed by atoms with Crippen LogP contribution in [0.1, 0.15) is 87.7 Å². The molecule has 1 amide bonds. The highest BCUT2D eigenvalue weighted by Gasteiger charge is 2.12. The van der Waals surface area contributed by atoms with Crippen LogP contribution in [0.2, 0.25) is 0 Å². The maximum Gasteiger partial charge on any atom is 0.276 e. The molecular weight excluding hydrogens is 418 g/mol. The standard InChI is InChI=1S/C26H37N3O4/c1-5-6-7-8-9-10-11-17-33-23-15-14-21(18-24(23)32-4)19-27-28-25(30)22-13-12-16-29(20(2)3)26(22)31/h12-16,18-20H,5-11,17H2,1-4H3,(H,28,30)/b27-19-. The number of benzene rings is 1. The van der Waals surface area contributed by atoms with Crippen molar-refractivity contribution in [3.8, 4) is 11.5 Å². The van der Waals surface area contributed by atoms with Crippen molar-refractivity contribution in [2.45, 2.75) is 71.8 Å². The van der Waals surface area contributed by atoms with Crippen molar-refractivity contribution in [2.75, 3.05) is 13.7 Å². The number of hydrogen-bond acceptors (Lipinski definition) is 5. The number of nitrogens with zero attached hydrogens (tertiary/aromatic N) is 2. The highest BCUT2D eigenvalue weighted by Crippen LogP contribution is 2.27. The molecule has 1 aromatic carbocycles. The van der Waals surface area contributed by atoms with Gasteiger partial charge in [-0.15, -0.1) is 0 Å². The van der Waals surface area contributed by atoms with Gasteiger partial charge in [0.05, 0.1) is 19.9 Å². The fraction of sp³-hybridized carbons (Fsp3) is 0.500. The summed E-state index contributed by atoms with van der Waals surface area (Å²) in [6.07, 6.45) is 11.8. The van der Waals surface area contributed by atoms with Gasteiger partial charge in [0, 0.05) is 12.2 Å². The average Bonchev–Trinajstić information content (AvgIpc) is 2.81.